The summed E-state index contributed by atoms with van der Waals surface area (Å²) in [6.45, 7) is 0. The van der Waals surface area contributed by atoms with Gasteiger partial charge >= 0.3 is 0 Å². The third-order valence-corrected chi connectivity index (χ3v) is 2.55. The molecule has 2 rings (SSSR count). The van der Waals surface area contributed by atoms with Crippen LogP contribution >= 0.6 is 0 Å². The Hall–Kier alpha value is -0.500. The van der Waals surface area contributed by atoms with Crippen LogP contribution in [0, 0.1) is 0 Å². The van der Waals surface area contributed by atoms with Crippen molar-refractivity contribution >= 4 is 0 Å². The van der Waals surface area contributed by atoms with E-state index in [9.17, 15) is 0 Å². The van der Waals surface area contributed by atoms with Crippen LogP contribution in [0.1, 0.15) is 25.7 Å². The molecule has 0 radical (unpaired) electrons. The third-order valence-electron chi connectivity index (χ3n) is 2.55. The SMILES string of the molecule is COC=C1CCC2CCC1O2. The molecule has 2 aliphatic rings. The molecule has 0 spiro atoms. The second-order valence-corrected chi connectivity index (χ2v) is 3.29. The Balaban J connectivity index is 2.07. The first-order chi connectivity index (χ1) is 5.40. The first-order valence-electron chi connectivity index (χ1n) is 4.27. The number of methoxy groups -OCH3 is 1. The lowest BCUT2D eigenvalue weighted by atomic mass is 10.0. The highest BCUT2D eigenvalue weighted by Crippen LogP contribution is 2.35. The Labute approximate surface area is 67.2 Å². The molecule has 0 aromatic rings. The van der Waals surface area contributed by atoms with E-state index in [2.05, 4.69) is 0 Å². The minimum absolute atomic E-state index is 0.383. The van der Waals surface area contributed by atoms with E-state index in [1.165, 1.54) is 31.3 Å². The molecule has 2 heterocycles. The van der Waals surface area contributed by atoms with Gasteiger partial charge in [-0.05, 0) is 31.3 Å². The molecule has 2 unspecified atom stereocenters. The van der Waals surface area contributed by atoms with Gasteiger partial charge < -0.3 is 9.47 Å². The highest BCUT2D eigenvalue weighted by Gasteiger charge is 2.32. The lowest BCUT2D eigenvalue weighted by Crippen LogP contribution is -2.19. The summed E-state index contributed by atoms with van der Waals surface area (Å²) in [5.41, 5.74) is 1.35. The summed E-state index contributed by atoms with van der Waals surface area (Å²) in [6.07, 6.45) is 7.58. The van der Waals surface area contributed by atoms with E-state index in [1.807, 2.05) is 6.26 Å². The van der Waals surface area contributed by atoms with Crippen LogP contribution in [-0.4, -0.2) is 19.3 Å². The lowest BCUT2D eigenvalue weighted by Gasteiger charge is -2.22. The quantitative estimate of drug-likeness (QED) is 0.537. The minimum Gasteiger partial charge on any atom is -0.504 e. The van der Waals surface area contributed by atoms with E-state index in [0.29, 0.717) is 12.2 Å². The largest absolute Gasteiger partial charge is 0.504 e. The van der Waals surface area contributed by atoms with Crippen LogP contribution in [0.2, 0.25) is 0 Å². The molecular weight excluding hydrogens is 140 g/mol. The Kier molecular flexibility index (Phi) is 1.86. The number of hydrogen-bond acceptors (Lipinski definition) is 2. The number of hydrogen-bond donors (Lipinski definition) is 0. The Morgan fingerprint density at radius 3 is 3.18 bits per heavy atom. The monoisotopic (exact) mass is 154 g/mol. The van der Waals surface area contributed by atoms with Gasteiger partial charge in [0.1, 0.15) is 0 Å². The van der Waals surface area contributed by atoms with Crippen molar-refractivity contribution in [1.82, 2.24) is 0 Å². The van der Waals surface area contributed by atoms with E-state index >= 15 is 0 Å². The molecule has 2 fully saturated rings. The van der Waals surface area contributed by atoms with Gasteiger partial charge in [0.15, 0.2) is 0 Å². The predicted octanol–water partition coefficient (Wildman–Crippen LogP) is 1.86. The summed E-state index contributed by atoms with van der Waals surface area (Å²) in [5.74, 6) is 0. The summed E-state index contributed by atoms with van der Waals surface area (Å²) < 4.78 is 10.7. The van der Waals surface area contributed by atoms with Gasteiger partial charge in [0, 0.05) is 0 Å². The van der Waals surface area contributed by atoms with Crippen molar-refractivity contribution in [1.29, 1.82) is 0 Å². The summed E-state index contributed by atoms with van der Waals surface area (Å²) in [7, 11) is 1.70. The van der Waals surface area contributed by atoms with E-state index in [1.54, 1.807) is 7.11 Å². The van der Waals surface area contributed by atoms with Crippen molar-refractivity contribution in [3.8, 4) is 0 Å². The van der Waals surface area contributed by atoms with Gasteiger partial charge in [-0.2, -0.15) is 0 Å². The highest BCUT2D eigenvalue weighted by molar-refractivity contribution is 5.11. The van der Waals surface area contributed by atoms with Gasteiger partial charge in [0.25, 0.3) is 0 Å². The molecule has 2 heteroatoms. The van der Waals surface area contributed by atoms with Gasteiger partial charge in [-0.1, -0.05) is 0 Å². The predicted molar refractivity (Wildman–Crippen MR) is 42.2 cm³/mol. The van der Waals surface area contributed by atoms with Crippen LogP contribution < -0.4 is 0 Å². The van der Waals surface area contributed by atoms with Crippen LogP contribution in [0.3, 0.4) is 0 Å². The zero-order chi connectivity index (χ0) is 7.68. The normalized spacial score (nSPS) is 39.5. The zero-order valence-corrected chi connectivity index (χ0v) is 6.88. The smallest absolute Gasteiger partial charge is 0.0842 e. The average molecular weight is 154 g/mol. The number of rotatable bonds is 1. The second-order valence-electron chi connectivity index (χ2n) is 3.29. The molecule has 2 atom stereocenters. The summed E-state index contributed by atoms with van der Waals surface area (Å²) in [4.78, 5) is 0. The van der Waals surface area contributed by atoms with Crippen LogP contribution in [0.5, 0.6) is 0 Å². The Morgan fingerprint density at radius 2 is 2.36 bits per heavy atom. The first kappa shape index (κ1) is 7.17. The molecule has 2 aliphatic heterocycles. The zero-order valence-electron chi connectivity index (χ0n) is 6.88. The molecule has 2 nitrogen and oxygen atoms in total. The minimum atomic E-state index is 0.383. The Bertz CT molecular complexity index is 174. The van der Waals surface area contributed by atoms with Gasteiger partial charge in [-0.3, -0.25) is 0 Å². The summed E-state index contributed by atoms with van der Waals surface area (Å²) in [5, 5.41) is 0. The molecule has 2 saturated heterocycles. The first-order valence-corrected chi connectivity index (χ1v) is 4.27. The van der Waals surface area contributed by atoms with Crippen LogP contribution in [0.15, 0.2) is 11.8 Å². The molecule has 0 aromatic carbocycles. The molecule has 0 N–H and O–H groups in total. The average Bonchev–Trinajstić information content (AvgIpc) is 2.40. The van der Waals surface area contributed by atoms with E-state index in [4.69, 9.17) is 9.47 Å². The fourth-order valence-electron chi connectivity index (χ4n) is 1.97. The van der Waals surface area contributed by atoms with Crippen molar-refractivity contribution in [3.63, 3.8) is 0 Å². The lowest BCUT2D eigenvalue weighted by molar-refractivity contribution is 0.0350. The maximum absolute atomic E-state index is 5.71. The van der Waals surface area contributed by atoms with Gasteiger partial charge in [0.05, 0.1) is 25.6 Å². The van der Waals surface area contributed by atoms with E-state index < -0.39 is 0 Å². The number of fused-ring (bicyclic) bond motifs is 2. The maximum Gasteiger partial charge on any atom is 0.0842 e. The van der Waals surface area contributed by atoms with E-state index in [0.717, 1.165) is 0 Å². The topological polar surface area (TPSA) is 18.5 Å². The fraction of sp³-hybridized carbons (Fsp3) is 0.778. The molecule has 0 saturated carbocycles. The molecule has 62 valence electrons. The Morgan fingerprint density at radius 1 is 1.45 bits per heavy atom. The van der Waals surface area contributed by atoms with Crippen molar-refractivity contribution in [3.05, 3.63) is 11.8 Å². The molecule has 2 bridgehead atoms. The van der Waals surface area contributed by atoms with Crippen LogP contribution in [0.25, 0.3) is 0 Å². The highest BCUT2D eigenvalue weighted by atomic mass is 16.5. The molecule has 0 amide bonds. The number of ether oxygens (including phenoxy) is 2. The van der Waals surface area contributed by atoms with Gasteiger partial charge in [-0.25, -0.2) is 0 Å². The standard InChI is InChI=1S/C9H14O2/c1-10-6-7-2-3-8-4-5-9(7)11-8/h6,8-9H,2-5H2,1H3. The van der Waals surface area contributed by atoms with Crippen molar-refractivity contribution in [2.24, 2.45) is 0 Å². The van der Waals surface area contributed by atoms with Crippen LogP contribution in [0.4, 0.5) is 0 Å². The maximum atomic E-state index is 5.71. The van der Waals surface area contributed by atoms with Crippen molar-refractivity contribution in [2.45, 2.75) is 37.9 Å². The van der Waals surface area contributed by atoms with E-state index in [-0.39, 0.29) is 0 Å². The molecule has 11 heavy (non-hydrogen) atoms. The fourth-order valence-corrected chi connectivity index (χ4v) is 1.97. The summed E-state index contributed by atoms with van der Waals surface area (Å²) >= 11 is 0. The van der Waals surface area contributed by atoms with Crippen molar-refractivity contribution in [2.75, 3.05) is 7.11 Å². The van der Waals surface area contributed by atoms with Gasteiger partial charge in [0.2, 0.25) is 0 Å². The van der Waals surface area contributed by atoms with Gasteiger partial charge in [-0.15, -0.1) is 0 Å². The summed E-state index contributed by atoms with van der Waals surface area (Å²) in [6, 6.07) is 0. The molecule has 0 aliphatic carbocycles. The van der Waals surface area contributed by atoms with Crippen LogP contribution in [-0.2, 0) is 9.47 Å². The third kappa shape index (κ3) is 1.27. The second kappa shape index (κ2) is 2.86. The molecule has 0 aromatic heterocycles. The van der Waals surface area contributed by atoms with Crippen molar-refractivity contribution < 1.29 is 9.47 Å². The molecular formula is C9H14O2.